The molecule has 1 heterocycles. The van der Waals surface area contributed by atoms with E-state index in [0.29, 0.717) is 16.9 Å². The highest BCUT2D eigenvalue weighted by atomic mass is 32.2. The molecule has 0 bridgehead atoms. The summed E-state index contributed by atoms with van der Waals surface area (Å²) in [6.45, 7) is 3.28. The molecule has 7 nitrogen and oxygen atoms in total. The number of alkyl halides is 3. The highest BCUT2D eigenvalue weighted by Crippen LogP contribution is 2.39. The number of aromatic nitrogens is 2. The molecule has 4 aromatic rings. The van der Waals surface area contributed by atoms with Crippen LogP contribution in [-0.4, -0.2) is 30.9 Å². The van der Waals surface area contributed by atoms with Crippen molar-refractivity contribution in [2.45, 2.75) is 31.3 Å². The monoisotopic (exact) mass is 543 g/mol. The van der Waals surface area contributed by atoms with Crippen LogP contribution < -0.4 is 4.72 Å². The molecule has 0 unspecified atom stereocenters. The molecule has 0 spiro atoms. The number of amides is 1. The second-order valence-electron chi connectivity index (χ2n) is 8.56. The molecular weight excluding hydrogens is 519 g/mol. The van der Waals surface area contributed by atoms with Crippen LogP contribution in [0, 0.1) is 13.8 Å². The van der Waals surface area contributed by atoms with Gasteiger partial charge in [0.1, 0.15) is 0 Å². The number of sulfonamides is 1. The van der Waals surface area contributed by atoms with Gasteiger partial charge in [-0.25, -0.2) is 22.6 Å². The number of hydrogen-bond donors (Lipinski definition) is 1. The fraction of sp³-hybridized carbons (Fsp3) is 0.185. The SMILES string of the molecule is Cc1ccc(S(=O)(=O)NC(=O)OCCc2ccc(-n3nc(C(F)(F)F)c(-c4ccccc4)c3C)cc2)cc1. The minimum atomic E-state index is -4.63. The zero-order valence-corrected chi connectivity index (χ0v) is 21.3. The van der Waals surface area contributed by atoms with Crippen LogP contribution in [0.3, 0.4) is 0 Å². The van der Waals surface area contributed by atoms with Gasteiger partial charge >= 0.3 is 12.3 Å². The molecule has 0 aliphatic carbocycles. The minimum absolute atomic E-state index is 0.0159. The highest BCUT2D eigenvalue weighted by Gasteiger charge is 2.39. The van der Waals surface area contributed by atoms with Gasteiger partial charge in [0.2, 0.25) is 0 Å². The lowest BCUT2D eigenvalue weighted by molar-refractivity contribution is -0.140. The quantitative estimate of drug-likeness (QED) is 0.317. The third-order valence-electron chi connectivity index (χ3n) is 5.80. The molecule has 3 aromatic carbocycles. The molecule has 1 N–H and O–H groups in total. The van der Waals surface area contributed by atoms with Crippen molar-refractivity contribution in [2.24, 2.45) is 0 Å². The fourth-order valence-corrected chi connectivity index (χ4v) is 4.77. The van der Waals surface area contributed by atoms with Gasteiger partial charge in [0.15, 0.2) is 5.69 Å². The Kier molecular flexibility index (Phi) is 7.58. The minimum Gasteiger partial charge on any atom is -0.448 e. The molecule has 0 aliphatic heterocycles. The van der Waals surface area contributed by atoms with E-state index in [4.69, 9.17) is 4.74 Å². The first kappa shape index (κ1) is 26.9. The molecule has 0 atom stereocenters. The van der Waals surface area contributed by atoms with E-state index >= 15 is 0 Å². The van der Waals surface area contributed by atoms with Crippen LogP contribution in [0.25, 0.3) is 16.8 Å². The summed E-state index contributed by atoms with van der Waals surface area (Å²) >= 11 is 0. The summed E-state index contributed by atoms with van der Waals surface area (Å²) in [6.07, 6.45) is -5.48. The zero-order chi connectivity index (χ0) is 27.5. The van der Waals surface area contributed by atoms with Gasteiger partial charge in [-0.1, -0.05) is 60.2 Å². The summed E-state index contributed by atoms with van der Waals surface area (Å²) in [5, 5.41) is 3.86. The predicted molar refractivity (Wildman–Crippen MR) is 135 cm³/mol. The van der Waals surface area contributed by atoms with E-state index < -0.39 is 28.0 Å². The number of carbonyl (C=O) groups excluding carboxylic acids is 1. The Labute approximate surface area is 217 Å². The number of aryl methyl sites for hydroxylation is 1. The van der Waals surface area contributed by atoms with Crippen molar-refractivity contribution in [3.63, 3.8) is 0 Å². The summed E-state index contributed by atoms with van der Waals surface area (Å²) in [7, 11) is -4.06. The third kappa shape index (κ3) is 6.05. The molecular formula is C27H24F3N3O4S. The molecule has 0 aliphatic rings. The molecule has 0 fully saturated rings. The van der Waals surface area contributed by atoms with Crippen molar-refractivity contribution in [2.75, 3.05) is 6.61 Å². The largest absolute Gasteiger partial charge is 0.448 e. The molecule has 198 valence electrons. The van der Waals surface area contributed by atoms with Gasteiger partial charge in [-0.3, -0.25) is 0 Å². The molecule has 11 heteroatoms. The number of benzene rings is 3. The average molecular weight is 544 g/mol. The van der Waals surface area contributed by atoms with Gasteiger partial charge < -0.3 is 4.74 Å². The number of nitrogens with zero attached hydrogens (tertiary/aromatic N) is 2. The standard InChI is InChI=1S/C27H24F3N3O4S/c1-18-8-14-23(15-9-18)38(35,36)32-26(34)37-17-16-20-10-12-22(13-11-20)33-19(2)24(21-6-4-3-5-7-21)25(31-33)27(28,29)30/h3-15H,16-17H2,1-2H3,(H,32,34). The van der Waals surface area contributed by atoms with E-state index in [1.54, 1.807) is 73.7 Å². The Balaban J connectivity index is 1.42. The number of ether oxygens (including phenoxy) is 1. The Morgan fingerprint density at radius 2 is 1.58 bits per heavy atom. The van der Waals surface area contributed by atoms with Crippen LogP contribution in [-0.2, 0) is 27.4 Å². The smallest absolute Gasteiger partial charge is 0.435 e. The lowest BCUT2D eigenvalue weighted by atomic mass is 10.0. The second kappa shape index (κ2) is 10.7. The summed E-state index contributed by atoms with van der Waals surface area (Å²) in [5.41, 5.74) is 1.84. The lowest BCUT2D eigenvalue weighted by Crippen LogP contribution is -2.31. The van der Waals surface area contributed by atoms with E-state index in [-0.39, 0.29) is 23.5 Å². The topological polar surface area (TPSA) is 90.3 Å². The van der Waals surface area contributed by atoms with Crippen molar-refractivity contribution < 1.29 is 31.1 Å². The molecule has 1 amide bonds. The number of halogens is 3. The number of rotatable bonds is 7. The van der Waals surface area contributed by atoms with Crippen molar-refractivity contribution in [1.29, 1.82) is 0 Å². The summed E-state index contributed by atoms with van der Waals surface area (Å²) < 4.78 is 73.9. The van der Waals surface area contributed by atoms with Gasteiger partial charge in [0, 0.05) is 17.7 Å². The Morgan fingerprint density at radius 1 is 0.947 bits per heavy atom. The maximum absolute atomic E-state index is 13.8. The number of hydrogen-bond acceptors (Lipinski definition) is 5. The number of nitrogens with one attached hydrogen (secondary N) is 1. The van der Waals surface area contributed by atoms with Crippen LogP contribution in [0.1, 0.15) is 22.5 Å². The zero-order valence-electron chi connectivity index (χ0n) is 20.5. The van der Waals surface area contributed by atoms with Crippen LogP contribution in [0.15, 0.2) is 83.8 Å². The van der Waals surface area contributed by atoms with Gasteiger partial charge in [-0.15, -0.1) is 0 Å². The molecule has 0 radical (unpaired) electrons. The van der Waals surface area contributed by atoms with Crippen LogP contribution in [0.5, 0.6) is 0 Å². The normalized spacial score (nSPS) is 11.8. The first-order valence-electron chi connectivity index (χ1n) is 11.5. The van der Waals surface area contributed by atoms with E-state index in [1.165, 1.54) is 16.8 Å². The molecule has 1 aromatic heterocycles. The van der Waals surface area contributed by atoms with Crippen LogP contribution >= 0.6 is 0 Å². The molecule has 0 saturated heterocycles. The predicted octanol–water partition coefficient (Wildman–Crippen LogP) is 5.83. The second-order valence-corrected chi connectivity index (χ2v) is 10.2. The fourth-order valence-electron chi connectivity index (χ4n) is 3.88. The molecule has 0 saturated carbocycles. The van der Waals surface area contributed by atoms with Crippen LogP contribution in [0.2, 0.25) is 0 Å². The lowest BCUT2D eigenvalue weighted by Gasteiger charge is -2.09. The Hall–Kier alpha value is -4.12. The van der Waals surface area contributed by atoms with Gasteiger partial charge in [0.25, 0.3) is 10.0 Å². The number of carbonyl (C=O) groups is 1. The van der Waals surface area contributed by atoms with Gasteiger partial charge in [-0.2, -0.15) is 18.3 Å². The van der Waals surface area contributed by atoms with Crippen LogP contribution in [0.4, 0.5) is 18.0 Å². The maximum Gasteiger partial charge on any atom is 0.435 e. The maximum atomic E-state index is 13.8. The van der Waals surface area contributed by atoms with Crippen molar-refractivity contribution in [3.8, 4) is 16.8 Å². The summed E-state index contributed by atoms with van der Waals surface area (Å²) in [4.78, 5) is 11.9. The molecule has 4 rings (SSSR count). The van der Waals surface area contributed by atoms with Crippen molar-refractivity contribution in [1.82, 2.24) is 14.5 Å². The van der Waals surface area contributed by atoms with E-state index in [2.05, 4.69) is 5.10 Å². The average Bonchev–Trinajstić information content (AvgIpc) is 3.22. The first-order valence-corrected chi connectivity index (χ1v) is 13.0. The summed E-state index contributed by atoms with van der Waals surface area (Å²) in [5.74, 6) is 0. The van der Waals surface area contributed by atoms with Gasteiger partial charge in [-0.05, 0) is 49.2 Å². The van der Waals surface area contributed by atoms with Gasteiger partial charge in [0.05, 0.1) is 17.2 Å². The van der Waals surface area contributed by atoms with Crippen molar-refractivity contribution in [3.05, 3.63) is 101 Å². The third-order valence-corrected chi connectivity index (χ3v) is 7.13. The Bertz CT molecular complexity index is 1530. The van der Waals surface area contributed by atoms with Crippen molar-refractivity contribution >= 4 is 16.1 Å². The van der Waals surface area contributed by atoms with E-state index in [1.807, 2.05) is 11.6 Å². The summed E-state index contributed by atoms with van der Waals surface area (Å²) in [6, 6.07) is 20.9. The first-order chi connectivity index (χ1) is 18.0. The highest BCUT2D eigenvalue weighted by molar-refractivity contribution is 7.90. The Morgan fingerprint density at radius 3 is 2.18 bits per heavy atom. The van der Waals surface area contributed by atoms with E-state index in [9.17, 15) is 26.4 Å². The molecule has 38 heavy (non-hydrogen) atoms. The van der Waals surface area contributed by atoms with E-state index in [0.717, 1.165) is 11.1 Å².